The number of hydrogen-bond donors (Lipinski definition) is 2. The standard InChI is InChI=1S/C11H15NO/c12-11(7-13)10-5-8-3-1-2-4-9(8)6-10/h1-4,10-11,13H,5-7,12H2/t11-/m0/s1. The van der Waals surface area contributed by atoms with Gasteiger partial charge in [-0.25, -0.2) is 0 Å². The van der Waals surface area contributed by atoms with E-state index in [-0.39, 0.29) is 12.6 Å². The molecule has 1 aliphatic rings. The van der Waals surface area contributed by atoms with Crippen molar-refractivity contribution in [1.82, 2.24) is 0 Å². The lowest BCUT2D eigenvalue weighted by Gasteiger charge is -2.15. The molecule has 13 heavy (non-hydrogen) atoms. The van der Waals surface area contributed by atoms with E-state index in [0.717, 1.165) is 12.8 Å². The van der Waals surface area contributed by atoms with E-state index in [1.807, 2.05) is 0 Å². The molecular formula is C11H15NO. The highest BCUT2D eigenvalue weighted by Crippen LogP contribution is 2.27. The number of fused-ring (bicyclic) bond motifs is 1. The van der Waals surface area contributed by atoms with Gasteiger partial charge in [0.1, 0.15) is 0 Å². The van der Waals surface area contributed by atoms with Crippen molar-refractivity contribution in [2.24, 2.45) is 11.7 Å². The molecule has 0 amide bonds. The maximum absolute atomic E-state index is 8.95. The monoisotopic (exact) mass is 177 g/mol. The van der Waals surface area contributed by atoms with Gasteiger partial charge in [-0.3, -0.25) is 0 Å². The number of hydrogen-bond acceptors (Lipinski definition) is 2. The van der Waals surface area contributed by atoms with Crippen LogP contribution in [0, 0.1) is 5.92 Å². The summed E-state index contributed by atoms with van der Waals surface area (Å²) in [4.78, 5) is 0. The molecule has 0 radical (unpaired) electrons. The zero-order valence-electron chi connectivity index (χ0n) is 7.61. The van der Waals surface area contributed by atoms with Gasteiger partial charge in [0.05, 0.1) is 6.61 Å². The molecule has 0 unspecified atom stereocenters. The van der Waals surface area contributed by atoms with Crippen molar-refractivity contribution < 1.29 is 5.11 Å². The third-order valence-electron chi connectivity index (χ3n) is 2.90. The van der Waals surface area contributed by atoms with Gasteiger partial charge in [0.2, 0.25) is 0 Å². The minimum atomic E-state index is -0.0626. The van der Waals surface area contributed by atoms with Crippen LogP contribution in [-0.4, -0.2) is 17.8 Å². The Morgan fingerprint density at radius 1 is 1.31 bits per heavy atom. The summed E-state index contributed by atoms with van der Waals surface area (Å²) in [6.07, 6.45) is 2.05. The van der Waals surface area contributed by atoms with Crippen LogP contribution < -0.4 is 5.73 Å². The summed E-state index contributed by atoms with van der Waals surface area (Å²) in [5, 5.41) is 8.95. The molecule has 0 fully saturated rings. The summed E-state index contributed by atoms with van der Waals surface area (Å²) < 4.78 is 0. The molecule has 0 aliphatic heterocycles. The zero-order valence-corrected chi connectivity index (χ0v) is 7.61. The first-order valence-electron chi connectivity index (χ1n) is 4.74. The Labute approximate surface area is 78.4 Å². The summed E-state index contributed by atoms with van der Waals surface area (Å²) >= 11 is 0. The maximum Gasteiger partial charge on any atom is 0.0585 e. The summed E-state index contributed by atoms with van der Waals surface area (Å²) in [5.74, 6) is 0.433. The molecule has 1 aromatic carbocycles. The van der Waals surface area contributed by atoms with Gasteiger partial charge < -0.3 is 10.8 Å². The number of rotatable bonds is 2. The summed E-state index contributed by atoms with van der Waals surface area (Å²) in [7, 11) is 0. The molecule has 0 saturated carbocycles. The molecule has 0 bridgehead atoms. The second-order valence-corrected chi connectivity index (χ2v) is 3.78. The van der Waals surface area contributed by atoms with Crippen molar-refractivity contribution in [1.29, 1.82) is 0 Å². The molecule has 2 rings (SSSR count). The minimum absolute atomic E-state index is 0.0626. The molecule has 0 saturated heterocycles. The Hall–Kier alpha value is -0.860. The third kappa shape index (κ3) is 1.60. The van der Waals surface area contributed by atoms with E-state index in [4.69, 9.17) is 10.8 Å². The molecular weight excluding hydrogens is 162 g/mol. The molecule has 2 heteroatoms. The summed E-state index contributed by atoms with van der Waals surface area (Å²) in [5.41, 5.74) is 8.61. The van der Waals surface area contributed by atoms with Crippen LogP contribution in [0.5, 0.6) is 0 Å². The molecule has 2 nitrogen and oxygen atoms in total. The van der Waals surface area contributed by atoms with E-state index < -0.39 is 0 Å². The summed E-state index contributed by atoms with van der Waals surface area (Å²) in [6, 6.07) is 8.36. The van der Waals surface area contributed by atoms with Crippen LogP contribution in [0.2, 0.25) is 0 Å². The minimum Gasteiger partial charge on any atom is -0.395 e. The van der Waals surface area contributed by atoms with Gasteiger partial charge in [-0.1, -0.05) is 24.3 Å². The molecule has 0 aromatic heterocycles. The smallest absolute Gasteiger partial charge is 0.0585 e. The lowest BCUT2D eigenvalue weighted by Crippen LogP contribution is -2.33. The van der Waals surface area contributed by atoms with Crippen LogP contribution in [0.4, 0.5) is 0 Å². The Morgan fingerprint density at radius 3 is 2.31 bits per heavy atom. The number of aliphatic hydroxyl groups is 1. The molecule has 1 aliphatic carbocycles. The maximum atomic E-state index is 8.95. The van der Waals surface area contributed by atoms with Crippen molar-refractivity contribution in [2.75, 3.05) is 6.61 Å². The molecule has 1 aromatic rings. The van der Waals surface area contributed by atoms with E-state index >= 15 is 0 Å². The fourth-order valence-corrected chi connectivity index (χ4v) is 2.04. The largest absolute Gasteiger partial charge is 0.395 e. The van der Waals surface area contributed by atoms with Crippen LogP contribution in [0.1, 0.15) is 11.1 Å². The van der Waals surface area contributed by atoms with Crippen LogP contribution >= 0.6 is 0 Å². The Morgan fingerprint density at radius 2 is 1.85 bits per heavy atom. The first-order valence-corrected chi connectivity index (χ1v) is 4.74. The SMILES string of the molecule is N[C@@H](CO)C1Cc2ccccc2C1. The number of aliphatic hydroxyl groups excluding tert-OH is 1. The number of nitrogens with two attached hydrogens (primary N) is 1. The first kappa shape index (κ1) is 8.73. The molecule has 0 heterocycles. The summed E-state index contributed by atoms with van der Waals surface area (Å²) in [6.45, 7) is 0.0959. The average molecular weight is 177 g/mol. The molecule has 70 valence electrons. The van der Waals surface area contributed by atoms with Gasteiger partial charge in [-0.15, -0.1) is 0 Å². The first-order chi connectivity index (χ1) is 6.31. The Bertz CT molecular complexity index is 273. The van der Waals surface area contributed by atoms with Gasteiger partial charge in [-0.2, -0.15) is 0 Å². The van der Waals surface area contributed by atoms with Crippen molar-refractivity contribution >= 4 is 0 Å². The van der Waals surface area contributed by atoms with Gasteiger partial charge in [0.25, 0.3) is 0 Å². The molecule has 0 spiro atoms. The predicted molar refractivity (Wildman–Crippen MR) is 52.4 cm³/mol. The second-order valence-electron chi connectivity index (χ2n) is 3.78. The zero-order chi connectivity index (χ0) is 9.26. The van der Waals surface area contributed by atoms with E-state index in [2.05, 4.69) is 24.3 Å². The highest BCUT2D eigenvalue weighted by atomic mass is 16.3. The van der Waals surface area contributed by atoms with Crippen molar-refractivity contribution in [3.63, 3.8) is 0 Å². The van der Waals surface area contributed by atoms with Crippen LogP contribution in [-0.2, 0) is 12.8 Å². The van der Waals surface area contributed by atoms with E-state index in [0.29, 0.717) is 5.92 Å². The fourth-order valence-electron chi connectivity index (χ4n) is 2.04. The predicted octanol–water partition coefficient (Wildman–Crippen LogP) is 0.721. The Balaban J connectivity index is 2.14. The normalized spacial score (nSPS) is 18.6. The highest BCUT2D eigenvalue weighted by Gasteiger charge is 2.25. The van der Waals surface area contributed by atoms with Crippen LogP contribution in [0.25, 0.3) is 0 Å². The lowest BCUT2D eigenvalue weighted by molar-refractivity contribution is 0.229. The quantitative estimate of drug-likeness (QED) is 0.699. The third-order valence-corrected chi connectivity index (χ3v) is 2.90. The van der Waals surface area contributed by atoms with E-state index in [1.54, 1.807) is 0 Å². The molecule has 1 atom stereocenters. The van der Waals surface area contributed by atoms with Crippen LogP contribution in [0.15, 0.2) is 24.3 Å². The van der Waals surface area contributed by atoms with Gasteiger partial charge in [0, 0.05) is 6.04 Å². The van der Waals surface area contributed by atoms with Crippen LogP contribution in [0.3, 0.4) is 0 Å². The van der Waals surface area contributed by atoms with Gasteiger partial charge in [0.15, 0.2) is 0 Å². The Kier molecular flexibility index (Phi) is 2.34. The van der Waals surface area contributed by atoms with Gasteiger partial charge in [-0.05, 0) is 29.9 Å². The van der Waals surface area contributed by atoms with Gasteiger partial charge >= 0.3 is 0 Å². The highest BCUT2D eigenvalue weighted by molar-refractivity contribution is 5.32. The van der Waals surface area contributed by atoms with Crippen molar-refractivity contribution in [3.8, 4) is 0 Å². The second kappa shape index (κ2) is 3.48. The lowest BCUT2D eigenvalue weighted by atomic mass is 9.98. The van der Waals surface area contributed by atoms with Crippen molar-refractivity contribution in [3.05, 3.63) is 35.4 Å². The topological polar surface area (TPSA) is 46.2 Å². The van der Waals surface area contributed by atoms with E-state index in [1.165, 1.54) is 11.1 Å². The van der Waals surface area contributed by atoms with E-state index in [9.17, 15) is 0 Å². The fraction of sp³-hybridized carbons (Fsp3) is 0.455. The molecule has 3 N–H and O–H groups in total. The number of benzene rings is 1. The van der Waals surface area contributed by atoms with Crippen molar-refractivity contribution in [2.45, 2.75) is 18.9 Å². The average Bonchev–Trinajstić information content (AvgIpc) is 2.59.